The van der Waals surface area contributed by atoms with Gasteiger partial charge < -0.3 is 5.11 Å². The van der Waals surface area contributed by atoms with Crippen molar-refractivity contribution in [3.8, 4) is 11.3 Å². The van der Waals surface area contributed by atoms with Crippen LogP contribution in [0.25, 0.3) is 22.3 Å². The first-order valence-electron chi connectivity index (χ1n) is 9.15. The summed E-state index contributed by atoms with van der Waals surface area (Å²) in [5, 5.41) is 9.07. The minimum Gasteiger partial charge on any atom is -0.481 e. The smallest absolute Gasteiger partial charge is 0.306 e. The quantitative estimate of drug-likeness (QED) is 0.602. The molecular formula is C22H21FN2O3. The van der Waals surface area contributed by atoms with E-state index in [1.54, 1.807) is 37.3 Å². The predicted molar refractivity (Wildman–Crippen MR) is 105 cm³/mol. The molecule has 28 heavy (non-hydrogen) atoms. The zero-order valence-corrected chi connectivity index (χ0v) is 15.8. The molecule has 1 N–H and O–H groups in total. The van der Waals surface area contributed by atoms with Crippen LogP contribution < -0.4 is 0 Å². The van der Waals surface area contributed by atoms with Gasteiger partial charge in [-0.3, -0.25) is 9.59 Å². The Hall–Kier alpha value is -3.15. The zero-order chi connectivity index (χ0) is 20.3. The Labute approximate surface area is 162 Å². The maximum Gasteiger partial charge on any atom is 0.306 e. The highest BCUT2D eigenvalue weighted by Crippen LogP contribution is 2.26. The third-order valence-electron chi connectivity index (χ3n) is 4.73. The van der Waals surface area contributed by atoms with Gasteiger partial charge in [0.25, 0.3) is 0 Å². The summed E-state index contributed by atoms with van der Waals surface area (Å²) in [6.07, 6.45) is 1.69. The lowest BCUT2D eigenvalue weighted by Gasteiger charge is -2.12. The van der Waals surface area contributed by atoms with Crippen LogP contribution in [0.1, 0.15) is 42.7 Å². The Morgan fingerprint density at radius 3 is 2.43 bits per heavy atom. The highest BCUT2D eigenvalue weighted by atomic mass is 19.1. The number of carboxylic acids is 1. The molecule has 1 unspecified atom stereocenters. The average Bonchev–Trinajstić information content (AvgIpc) is 2.67. The summed E-state index contributed by atoms with van der Waals surface area (Å²) in [5.41, 5.74) is 3.91. The molecule has 1 heterocycles. The molecule has 0 saturated heterocycles. The normalized spacial score (nSPS) is 12.1. The molecule has 0 aliphatic carbocycles. The van der Waals surface area contributed by atoms with Crippen molar-refractivity contribution >= 4 is 22.8 Å². The number of Topliss-reactive ketones (excluding diaryl/α,β-unsaturated/α-hetero) is 1. The largest absolute Gasteiger partial charge is 0.481 e. The fourth-order valence-corrected chi connectivity index (χ4v) is 3.02. The lowest BCUT2D eigenvalue weighted by Crippen LogP contribution is -2.10. The van der Waals surface area contributed by atoms with Crippen LogP contribution in [0, 0.1) is 11.7 Å². The Balaban J connectivity index is 2.02. The summed E-state index contributed by atoms with van der Waals surface area (Å²) in [6.45, 7) is 3.17. The number of aryl methyl sites for hydroxylation is 1. The highest BCUT2D eigenvalue weighted by Gasteiger charge is 2.15. The van der Waals surface area contributed by atoms with Gasteiger partial charge in [-0.1, -0.05) is 6.92 Å². The van der Waals surface area contributed by atoms with Crippen LogP contribution in [0.2, 0.25) is 0 Å². The molecule has 0 aliphatic rings. The summed E-state index contributed by atoms with van der Waals surface area (Å²) in [6, 6.07) is 11.2. The number of aliphatic carboxylic acids is 1. The maximum atomic E-state index is 13.3. The van der Waals surface area contributed by atoms with E-state index in [9.17, 15) is 14.0 Å². The zero-order valence-electron chi connectivity index (χ0n) is 15.8. The number of halogens is 1. The van der Waals surface area contributed by atoms with E-state index in [-0.39, 0.29) is 11.6 Å². The predicted octanol–water partition coefficient (Wildman–Crippen LogP) is 4.68. The molecule has 5 nitrogen and oxygen atoms in total. The van der Waals surface area contributed by atoms with Crippen LogP contribution >= 0.6 is 0 Å². The Bertz CT molecular complexity index is 1030. The van der Waals surface area contributed by atoms with Crippen LogP contribution in [-0.2, 0) is 11.2 Å². The summed E-state index contributed by atoms with van der Waals surface area (Å²) in [4.78, 5) is 32.1. The number of rotatable bonds is 7. The number of ketones is 1. The Morgan fingerprint density at radius 2 is 1.79 bits per heavy atom. The number of carbonyl (C=O) groups is 2. The van der Waals surface area contributed by atoms with Crippen LogP contribution in [-0.4, -0.2) is 26.8 Å². The van der Waals surface area contributed by atoms with E-state index in [1.807, 2.05) is 0 Å². The molecule has 0 spiro atoms. The lowest BCUT2D eigenvalue weighted by molar-refractivity contribution is -0.141. The molecule has 0 fully saturated rings. The topological polar surface area (TPSA) is 80.2 Å². The first-order valence-corrected chi connectivity index (χ1v) is 9.15. The van der Waals surface area contributed by atoms with Crippen molar-refractivity contribution in [3.63, 3.8) is 0 Å². The minimum atomic E-state index is -0.825. The molecular weight excluding hydrogens is 359 g/mol. The van der Waals surface area contributed by atoms with Crippen LogP contribution in [0.15, 0.2) is 42.5 Å². The summed E-state index contributed by atoms with van der Waals surface area (Å²) in [5.74, 6) is -1.65. The van der Waals surface area contributed by atoms with Gasteiger partial charge >= 0.3 is 5.97 Å². The molecule has 0 amide bonds. The van der Waals surface area contributed by atoms with Crippen molar-refractivity contribution in [1.82, 2.24) is 9.97 Å². The molecule has 0 aliphatic heterocycles. The molecule has 3 aromatic rings. The van der Waals surface area contributed by atoms with Gasteiger partial charge in [0.2, 0.25) is 0 Å². The van der Waals surface area contributed by atoms with Crippen molar-refractivity contribution in [2.24, 2.45) is 5.92 Å². The third-order valence-corrected chi connectivity index (χ3v) is 4.73. The van der Waals surface area contributed by atoms with E-state index in [2.05, 4.69) is 0 Å². The Kier molecular flexibility index (Phi) is 5.78. The van der Waals surface area contributed by atoms with Gasteiger partial charge in [-0.2, -0.15) is 0 Å². The molecule has 2 aromatic carbocycles. The van der Waals surface area contributed by atoms with E-state index in [1.165, 1.54) is 19.1 Å². The van der Waals surface area contributed by atoms with Gasteiger partial charge in [-0.25, -0.2) is 14.4 Å². The summed E-state index contributed by atoms with van der Waals surface area (Å²) in [7, 11) is 0. The van der Waals surface area contributed by atoms with Gasteiger partial charge in [0.05, 0.1) is 28.3 Å². The van der Waals surface area contributed by atoms with Crippen molar-refractivity contribution < 1.29 is 19.1 Å². The van der Waals surface area contributed by atoms with Gasteiger partial charge in [0, 0.05) is 11.1 Å². The number of aromatic nitrogens is 2. The first-order chi connectivity index (χ1) is 13.3. The molecule has 0 radical (unpaired) electrons. The second kappa shape index (κ2) is 8.25. The monoisotopic (exact) mass is 380 g/mol. The maximum absolute atomic E-state index is 13.3. The molecule has 0 bridgehead atoms. The number of benzene rings is 2. The number of hydrogen-bond donors (Lipinski definition) is 1. The van der Waals surface area contributed by atoms with E-state index in [0.29, 0.717) is 47.2 Å². The second-order valence-electron chi connectivity index (χ2n) is 6.92. The Morgan fingerprint density at radius 1 is 1.07 bits per heavy atom. The van der Waals surface area contributed by atoms with Crippen molar-refractivity contribution in [1.29, 1.82) is 0 Å². The molecule has 1 atom stereocenters. The van der Waals surface area contributed by atoms with E-state index >= 15 is 0 Å². The highest BCUT2D eigenvalue weighted by molar-refractivity contribution is 5.97. The number of hydrogen-bond acceptors (Lipinski definition) is 4. The SMILES string of the molecule is CC(=O)c1ccc2nc(-c3ccc(F)cc3)c(CCCC(C)C(=O)O)nc2c1. The fourth-order valence-electron chi connectivity index (χ4n) is 3.02. The standard InChI is InChI=1S/C22H21FN2O3/c1-13(22(27)28)4-3-5-19-21(15-6-9-17(23)10-7-15)25-18-11-8-16(14(2)26)12-20(18)24-19/h6-13H,3-5H2,1-2H3,(H,27,28). The minimum absolute atomic E-state index is 0.0526. The fraction of sp³-hybridized carbons (Fsp3) is 0.273. The number of carboxylic acid groups (broad SMARTS) is 1. The van der Waals surface area contributed by atoms with Gasteiger partial charge in [0.15, 0.2) is 5.78 Å². The third kappa shape index (κ3) is 4.39. The first kappa shape index (κ1) is 19.6. The molecule has 3 rings (SSSR count). The molecule has 0 saturated carbocycles. The van der Waals surface area contributed by atoms with E-state index < -0.39 is 11.9 Å². The van der Waals surface area contributed by atoms with Crippen molar-refractivity contribution in [2.75, 3.05) is 0 Å². The molecule has 144 valence electrons. The van der Waals surface area contributed by atoms with E-state index in [4.69, 9.17) is 15.1 Å². The van der Waals surface area contributed by atoms with Crippen LogP contribution in [0.5, 0.6) is 0 Å². The van der Waals surface area contributed by atoms with Crippen molar-refractivity contribution in [2.45, 2.75) is 33.1 Å². The van der Waals surface area contributed by atoms with Crippen LogP contribution in [0.4, 0.5) is 4.39 Å². The number of fused-ring (bicyclic) bond motifs is 1. The summed E-state index contributed by atoms with van der Waals surface area (Å²) >= 11 is 0. The molecule has 6 heteroatoms. The second-order valence-corrected chi connectivity index (χ2v) is 6.92. The average molecular weight is 380 g/mol. The number of nitrogens with zero attached hydrogens (tertiary/aromatic N) is 2. The number of carbonyl (C=O) groups excluding carboxylic acids is 1. The summed E-state index contributed by atoms with van der Waals surface area (Å²) < 4.78 is 13.3. The van der Waals surface area contributed by atoms with Gasteiger partial charge in [-0.05, 0) is 68.7 Å². The lowest BCUT2D eigenvalue weighted by atomic mass is 10.0. The van der Waals surface area contributed by atoms with Crippen molar-refractivity contribution in [3.05, 3.63) is 59.5 Å². The van der Waals surface area contributed by atoms with Crippen LogP contribution in [0.3, 0.4) is 0 Å². The molecule has 1 aromatic heterocycles. The van der Waals surface area contributed by atoms with Gasteiger partial charge in [0.1, 0.15) is 5.82 Å². The van der Waals surface area contributed by atoms with Gasteiger partial charge in [-0.15, -0.1) is 0 Å². The van der Waals surface area contributed by atoms with E-state index in [0.717, 1.165) is 5.56 Å².